The first-order valence-corrected chi connectivity index (χ1v) is 5.68. The van der Waals surface area contributed by atoms with E-state index in [2.05, 4.69) is 4.98 Å². The van der Waals surface area contributed by atoms with Crippen LogP contribution in [0.4, 0.5) is 0 Å². The van der Waals surface area contributed by atoms with Crippen LogP contribution >= 0.6 is 0 Å². The van der Waals surface area contributed by atoms with E-state index in [-0.39, 0.29) is 24.3 Å². The Hall–Kier alpha value is -2.47. The van der Waals surface area contributed by atoms with Crippen LogP contribution < -0.4 is 11.5 Å². The number of nitrogens with zero attached hydrogens (tertiary/aromatic N) is 1. The summed E-state index contributed by atoms with van der Waals surface area (Å²) in [7, 11) is 0. The zero-order valence-electron chi connectivity index (χ0n) is 10.1. The Morgan fingerprint density at radius 2 is 1.84 bits per heavy atom. The van der Waals surface area contributed by atoms with Gasteiger partial charge in [0.2, 0.25) is 5.91 Å². The van der Waals surface area contributed by atoms with Gasteiger partial charge in [0.1, 0.15) is 5.69 Å². The van der Waals surface area contributed by atoms with Gasteiger partial charge in [-0.1, -0.05) is 18.2 Å². The normalized spacial score (nSPS) is 10.6. The molecular weight excluding hydrogens is 246 g/mol. The fourth-order valence-corrected chi connectivity index (χ4v) is 2.09. The molecule has 1 aromatic heterocycles. The van der Waals surface area contributed by atoms with E-state index in [9.17, 15) is 9.59 Å². The minimum Gasteiger partial charge on any atom is -0.396 e. The molecule has 0 aliphatic heterocycles. The van der Waals surface area contributed by atoms with Crippen molar-refractivity contribution in [3.8, 4) is 0 Å². The number of rotatable bonds is 4. The van der Waals surface area contributed by atoms with Crippen molar-refractivity contribution in [3.63, 3.8) is 0 Å². The average molecular weight is 259 g/mol. The number of aromatic nitrogens is 1. The van der Waals surface area contributed by atoms with E-state index in [4.69, 9.17) is 16.6 Å². The lowest BCUT2D eigenvalue weighted by molar-refractivity contribution is 0.0994. The van der Waals surface area contributed by atoms with Crippen molar-refractivity contribution >= 4 is 22.7 Å². The first-order chi connectivity index (χ1) is 9.06. The van der Waals surface area contributed by atoms with Crippen LogP contribution in [0.3, 0.4) is 0 Å². The fourth-order valence-electron chi connectivity index (χ4n) is 2.09. The highest BCUT2D eigenvalue weighted by Crippen LogP contribution is 2.23. The summed E-state index contributed by atoms with van der Waals surface area (Å²) in [6.07, 6.45) is 0.0916. The van der Waals surface area contributed by atoms with Crippen LogP contribution in [0.1, 0.15) is 26.4 Å². The molecule has 0 spiro atoms. The van der Waals surface area contributed by atoms with Gasteiger partial charge in [-0.15, -0.1) is 0 Å². The van der Waals surface area contributed by atoms with Crippen LogP contribution in [0.2, 0.25) is 0 Å². The minimum absolute atomic E-state index is 0.0263. The zero-order valence-corrected chi connectivity index (χ0v) is 10.1. The summed E-state index contributed by atoms with van der Waals surface area (Å²) in [6, 6.07) is 6.82. The Labute approximate surface area is 109 Å². The Balaban J connectivity index is 2.91. The van der Waals surface area contributed by atoms with Crippen LogP contribution in [-0.4, -0.2) is 28.5 Å². The number of carbonyl (C=O) groups excluding carboxylic acids is 2. The lowest BCUT2D eigenvalue weighted by Crippen LogP contribution is -2.22. The lowest BCUT2D eigenvalue weighted by Gasteiger charge is -2.12. The maximum atomic E-state index is 11.6. The van der Waals surface area contributed by atoms with Crippen molar-refractivity contribution in [1.82, 2.24) is 4.98 Å². The summed E-state index contributed by atoms with van der Waals surface area (Å²) in [5.74, 6) is -1.43. The van der Waals surface area contributed by atoms with Gasteiger partial charge in [0.05, 0.1) is 11.1 Å². The van der Waals surface area contributed by atoms with Crippen molar-refractivity contribution < 1.29 is 14.7 Å². The topological polar surface area (TPSA) is 119 Å². The number of amides is 2. The number of aliphatic hydroxyl groups excluding tert-OH is 1. The van der Waals surface area contributed by atoms with E-state index in [0.29, 0.717) is 16.5 Å². The molecule has 5 N–H and O–H groups in total. The summed E-state index contributed by atoms with van der Waals surface area (Å²) in [6.45, 7) is -0.236. The molecule has 2 rings (SSSR count). The minimum atomic E-state index is -0.753. The zero-order chi connectivity index (χ0) is 14.0. The molecule has 0 saturated carbocycles. The van der Waals surface area contributed by atoms with Gasteiger partial charge in [0, 0.05) is 12.0 Å². The molecular formula is C13H13N3O3. The quantitative estimate of drug-likeness (QED) is 0.714. The van der Waals surface area contributed by atoms with Crippen molar-refractivity contribution in [2.75, 3.05) is 6.61 Å². The first-order valence-electron chi connectivity index (χ1n) is 5.68. The molecule has 0 bridgehead atoms. The van der Waals surface area contributed by atoms with Gasteiger partial charge in [0.15, 0.2) is 0 Å². The van der Waals surface area contributed by atoms with Crippen molar-refractivity contribution in [3.05, 3.63) is 41.1 Å². The SMILES string of the molecule is NC(=O)c1nc2ccccc2c(C(N)=O)c1CCO. The first kappa shape index (κ1) is 13.0. The average Bonchev–Trinajstić information content (AvgIpc) is 2.37. The molecule has 0 atom stereocenters. The molecule has 98 valence electrons. The lowest BCUT2D eigenvalue weighted by atomic mass is 9.97. The van der Waals surface area contributed by atoms with Crippen LogP contribution in [0.5, 0.6) is 0 Å². The molecule has 0 radical (unpaired) electrons. The number of benzene rings is 1. The van der Waals surface area contributed by atoms with Crippen molar-refractivity contribution in [1.29, 1.82) is 0 Å². The number of primary amides is 2. The van der Waals surface area contributed by atoms with Crippen LogP contribution in [0.15, 0.2) is 24.3 Å². The van der Waals surface area contributed by atoms with Gasteiger partial charge >= 0.3 is 0 Å². The second kappa shape index (κ2) is 5.03. The number of nitrogens with two attached hydrogens (primary N) is 2. The summed E-state index contributed by atoms with van der Waals surface area (Å²) >= 11 is 0. The van der Waals surface area contributed by atoms with E-state index in [1.54, 1.807) is 24.3 Å². The number of para-hydroxylation sites is 1. The molecule has 0 saturated heterocycles. The Bertz CT molecular complexity index is 667. The number of hydrogen-bond donors (Lipinski definition) is 3. The standard InChI is InChI=1S/C13H13N3O3/c14-12(18)10-7-3-1-2-4-9(7)16-11(13(15)19)8(10)5-6-17/h1-4,17H,5-6H2,(H2,14,18)(H2,15,19). The van der Waals surface area contributed by atoms with Gasteiger partial charge in [-0.05, 0) is 18.1 Å². The molecule has 1 aromatic carbocycles. The van der Waals surface area contributed by atoms with E-state index >= 15 is 0 Å². The molecule has 6 nitrogen and oxygen atoms in total. The van der Waals surface area contributed by atoms with E-state index in [0.717, 1.165) is 0 Å². The van der Waals surface area contributed by atoms with Crippen LogP contribution in [-0.2, 0) is 6.42 Å². The highest BCUT2D eigenvalue weighted by Gasteiger charge is 2.20. The molecule has 2 aromatic rings. The van der Waals surface area contributed by atoms with Crippen molar-refractivity contribution in [2.45, 2.75) is 6.42 Å². The Morgan fingerprint density at radius 3 is 2.42 bits per heavy atom. The van der Waals surface area contributed by atoms with Crippen LogP contribution in [0.25, 0.3) is 10.9 Å². The van der Waals surface area contributed by atoms with E-state index in [1.165, 1.54) is 0 Å². The Morgan fingerprint density at radius 1 is 1.16 bits per heavy atom. The highest BCUT2D eigenvalue weighted by atomic mass is 16.3. The third-order valence-corrected chi connectivity index (χ3v) is 2.83. The third kappa shape index (κ3) is 2.25. The maximum Gasteiger partial charge on any atom is 0.267 e. The van der Waals surface area contributed by atoms with Crippen molar-refractivity contribution in [2.24, 2.45) is 11.5 Å². The number of fused-ring (bicyclic) bond motifs is 1. The van der Waals surface area contributed by atoms with E-state index < -0.39 is 11.8 Å². The molecule has 1 heterocycles. The van der Waals surface area contributed by atoms with Crippen LogP contribution in [0, 0.1) is 0 Å². The largest absolute Gasteiger partial charge is 0.396 e. The summed E-state index contributed by atoms with van der Waals surface area (Å²) in [5, 5.41) is 9.62. The maximum absolute atomic E-state index is 11.6. The number of aliphatic hydroxyl groups is 1. The summed E-state index contributed by atoms with van der Waals surface area (Å²) in [5.41, 5.74) is 11.6. The second-order valence-electron chi connectivity index (χ2n) is 4.03. The molecule has 19 heavy (non-hydrogen) atoms. The molecule has 2 amide bonds. The molecule has 0 aliphatic carbocycles. The van der Waals surface area contributed by atoms with Gasteiger partial charge in [0.25, 0.3) is 5.91 Å². The summed E-state index contributed by atoms with van der Waals surface area (Å²) in [4.78, 5) is 27.2. The molecule has 0 fully saturated rings. The third-order valence-electron chi connectivity index (χ3n) is 2.83. The predicted molar refractivity (Wildman–Crippen MR) is 69.6 cm³/mol. The molecule has 0 unspecified atom stereocenters. The van der Waals surface area contributed by atoms with Gasteiger partial charge in [-0.3, -0.25) is 9.59 Å². The number of hydrogen-bond acceptors (Lipinski definition) is 4. The fraction of sp³-hybridized carbons (Fsp3) is 0.154. The molecule has 0 aliphatic rings. The predicted octanol–water partition coefficient (Wildman–Crippen LogP) is -0.0326. The number of carbonyl (C=O) groups is 2. The van der Waals surface area contributed by atoms with E-state index in [1.807, 2.05) is 0 Å². The summed E-state index contributed by atoms with van der Waals surface area (Å²) < 4.78 is 0. The monoisotopic (exact) mass is 259 g/mol. The highest BCUT2D eigenvalue weighted by molar-refractivity contribution is 6.09. The Kier molecular flexibility index (Phi) is 3.43. The van der Waals surface area contributed by atoms with Gasteiger partial charge < -0.3 is 16.6 Å². The molecule has 6 heteroatoms. The second-order valence-corrected chi connectivity index (χ2v) is 4.03. The van der Waals surface area contributed by atoms with Gasteiger partial charge in [-0.2, -0.15) is 0 Å². The van der Waals surface area contributed by atoms with Gasteiger partial charge in [-0.25, -0.2) is 4.98 Å². The smallest absolute Gasteiger partial charge is 0.267 e. The number of pyridine rings is 1.